The Morgan fingerprint density at radius 3 is 1.76 bits per heavy atom. The Hall–Kier alpha value is -2.18. The molecule has 0 saturated heterocycles. The number of carbonyl (C=O) groups is 2. The average Bonchev–Trinajstić information content (AvgIpc) is 2.97. The maximum absolute atomic E-state index is 12.1. The first kappa shape index (κ1) is 39.8. The van der Waals surface area contributed by atoms with Crippen LogP contribution in [0.4, 0.5) is 0 Å². The molecule has 0 radical (unpaired) electrons. The van der Waals surface area contributed by atoms with Gasteiger partial charge in [0.1, 0.15) is 6.61 Å². The van der Waals surface area contributed by atoms with Crippen LogP contribution in [0.2, 0.25) is 0 Å². The lowest BCUT2D eigenvalue weighted by Crippen LogP contribution is -2.28. The van der Waals surface area contributed by atoms with Gasteiger partial charge in [-0.25, -0.2) is 0 Å². The van der Waals surface area contributed by atoms with E-state index >= 15 is 0 Å². The van der Waals surface area contributed by atoms with Crippen molar-refractivity contribution in [3.63, 3.8) is 0 Å². The van der Waals surface area contributed by atoms with Crippen LogP contribution < -0.4 is 0 Å². The molecule has 0 aromatic carbocycles. The van der Waals surface area contributed by atoms with Crippen LogP contribution in [0, 0.1) is 5.92 Å². The normalized spacial score (nSPS) is 13.7. The van der Waals surface area contributed by atoms with Crippen LogP contribution in [-0.4, -0.2) is 47.6 Å². The van der Waals surface area contributed by atoms with Gasteiger partial charge in [0.15, 0.2) is 6.10 Å². The zero-order chi connectivity index (χ0) is 31.1. The molecule has 0 aromatic heterocycles. The monoisotopic (exact) mass is 590 g/mol. The van der Waals surface area contributed by atoms with Crippen LogP contribution in [0.15, 0.2) is 48.6 Å². The third-order valence-corrected chi connectivity index (χ3v) is 6.97. The Balaban J connectivity index is 3.74. The van der Waals surface area contributed by atoms with E-state index in [-0.39, 0.29) is 31.3 Å². The summed E-state index contributed by atoms with van der Waals surface area (Å²) in [5.41, 5.74) is 0. The highest BCUT2D eigenvalue weighted by molar-refractivity contribution is 5.70. The molecule has 6 heteroatoms. The number of aliphatic hydroxyl groups excluding tert-OH is 2. The standard InChI is InChI=1S/C36H62O6/c1-4-33(38)27-23-19-15-11-9-7-5-6-8-10-12-16-20-24-28-35(39)41-31-34(30-37)42-36(40)29-25-21-17-13-14-18-22-26-32(2)3/h6-9,12,15-16,19,32-34,37-38H,4-5,10-11,13-14,17-18,20-31H2,1-3H3/b8-6-,9-7-,16-12-,19-15-/t33-,34-/m0/s1. The number of unbranched alkanes of at least 4 members (excludes halogenated alkanes) is 7. The van der Waals surface area contributed by atoms with Crippen LogP contribution in [0.1, 0.15) is 136 Å². The largest absolute Gasteiger partial charge is 0.462 e. The predicted octanol–water partition coefficient (Wildman–Crippen LogP) is 8.72. The summed E-state index contributed by atoms with van der Waals surface area (Å²) in [4.78, 5) is 24.0. The molecule has 42 heavy (non-hydrogen) atoms. The van der Waals surface area contributed by atoms with Crippen molar-refractivity contribution in [2.24, 2.45) is 5.92 Å². The summed E-state index contributed by atoms with van der Waals surface area (Å²) in [6.45, 7) is 6.06. The number of hydrogen-bond acceptors (Lipinski definition) is 6. The summed E-state index contributed by atoms with van der Waals surface area (Å²) in [6.07, 6.45) is 32.7. The summed E-state index contributed by atoms with van der Waals surface area (Å²) in [5, 5.41) is 19.0. The minimum absolute atomic E-state index is 0.105. The van der Waals surface area contributed by atoms with E-state index < -0.39 is 6.10 Å². The van der Waals surface area contributed by atoms with Gasteiger partial charge >= 0.3 is 11.9 Å². The second-order valence-electron chi connectivity index (χ2n) is 11.5. The summed E-state index contributed by atoms with van der Waals surface area (Å²) < 4.78 is 10.5. The third kappa shape index (κ3) is 29.3. The molecule has 0 fully saturated rings. The molecule has 0 saturated carbocycles. The maximum Gasteiger partial charge on any atom is 0.306 e. The summed E-state index contributed by atoms with van der Waals surface area (Å²) >= 11 is 0. The molecule has 0 heterocycles. The first-order valence-corrected chi connectivity index (χ1v) is 16.6. The fourth-order valence-electron chi connectivity index (χ4n) is 4.24. The van der Waals surface area contributed by atoms with Gasteiger partial charge in [0.2, 0.25) is 0 Å². The molecule has 0 aromatic rings. The molecular weight excluding hydrogens is 528 g/mol. The van der Waals surface area contributed by atoms with Crippen molar-refractivity contribution in [2.45, 2.75) is 149 Å². The van der Waals surface area contributed by atoms with Crippen molar-refractivity contribution in [2.75, 3.05) is 13.2 Å². The fourth-order valence-corrected chi connectivity index (χ4v) is 4.24. The number of carbonyl (C=O) groups excluding carboxylic acids is 2. The predicted molar refractivity (Wildman–Crippen MR) is 174 cm³/mol. The van der Waals surface area contributed by atoms with Gasteiger partial charge in [-0.3, -0.25) is 9.59 Å². The van der Waals surface area contributed by atoms with E-state index in [4.69, 9.17) is 9.47 Å². The van der Waals surface area contributed by atoms with Crippen LogP contribution >= 0.6 is 0 Å². The van der Waals surface area contributed by atoms with Gasteiger partial charge in [-0.2, -0.15) is 0 Å². The van der Waals surface area contributed by atoms with E-state index in [1.165, 1.54) is 32.1 Å². The molecule has 2 N–H and O–H groups in total. The zero-order valence-corrected chi connectivity index (χ0v) is 27.0. The van der Waals surface area contributed by atoms with Crippen molar-refractivity contribution in [3.05, 3.63) is 48.6 Å². The first-order valence-electron chi connectivity index (χ1n) is 16.6. The molecule has 0 aliphatic rings. The maximum atomic E-state index is 12.1. The molecule has 0 rings (SSSR count). The second kappa shape index (κ2) is 30.3. The zero-order valence-electron chi connectivity index (χ0n) is 27.0. The number of aliphatic hydroxyl groups is 2. The minimum Gasteiger partial charge on any atom is -0.462 e. The van der Waals surface area contributed by atoms with Crippen LogP contribution in [0.5, 0.6) is 0 Å². The topological polar surface area (TPSA) is 93.1 Å². The lowest BCUT2D eigenvalue weighted by molar-refractivity contribution is -0.161. The molecule has 2 atom stereocenters. The highest BCUT2D eigenvalue weighted by Crippen LogP contribution is 2.13. The van der Waals surface area contributed by atoms with E-state index in [0.29, 0.717) is 19.3 Å². The van der Waals surface area contributed by atoms with Crippen LogP contribution in [0.3, 0.4) is 0 Å². The summed E-state index contributed by atoms with van der Waals surface area (Å²) in [6, 6.07) is 0. The summed E-state index contributed by atoms with van der Waals surface area (Å²) in [7, 11) is 0. The van der Waals surface area contributed by atoms with Crippen molar-refractivity contribution >= 4 is 11.9 Å². The van der Waals surface area contributed by atoms with Gasteiger partial charge in [0.05, 0.1) is 12.7 Å². The molecule has 0 amide bonds. The van der Waals surface area contributed by atoms with Crippen LogP contribution in [-0.2, 0) is 19.1 Å². The van der Waals surface area contributed by atoms with Gasteiger partial charge in [0, 0.05) is 12.8 Å². The van der Waals surface area contributed by atoms with Gasteiger partial charge in [-0.1, -0.05) is 114 Å². The smallest absolute Gasteiger partial charge is 0.306 e. The minimum atomic E-state index is -0.800. The van der Waals surface area contributed by atoms with E-state index in [1.807, 2.05) is 6.92 Å². The Labute approximate surface area is 257 Å². The van der Waals surface area contributed by atoms with E-state index in [0.717, 1.165) is 70.1 Å². The first-order chi connectivity index (χ1) is 20.4. The highest BCUT2D eigenvalue weighted by atomic mass is 16.6. The lowest BCUT2D eigenvalue weighted by atomic mass is 10.0. The number of esters is 2. The van der Waals surface area contributed by atoms with Crippen molar-refractivity contribution < 1.29 is 29.3 Å². The van der Waals surface area contributed by atoms with E-state index in [9.17, 15) is 19.8 Å². The Bertz CT molecular complexity index is 752. The molecule has 0 unspecified atom stereocenters. The number of hydrogen-bond donors (Lipinski definition) is 2. The quantitative estimate of drug-likeness (QED) is 0.0538. The van der Waals surface area contributed by atoms with E-state index in [2.05, 4.69) is 62.5 Å². The van der Waals surface area contributed by atoms with E-state index in [1.54, 1.807) is 0 Å². The second-order valence-corrected chi connectivity index (χ2v) is 11.5. The molecule has 0 aliphatic heterocycles. The third-order valence-electron chi connectivity index (χ3n) is 6.97. The molecule has 0 bridgehead atoms. The Kier molecular flexibility index (Phi) is 28.7. The van der Waals surface area contributed by atoms with Crippen LogP contribution in [0.25, 0.3) is 0 Å². The molecule has 0 spiro atoms. The Morgan fingerprint density at radius 2 is 1.19 bits per heavy atom. The highest BCUT2D eigenvalue weighted by Gasteiger charge is 2.16. The molecular formula is C36H62O6. The number of ether oxygens (including phenoxy) is 2. The molecule has 6 nitrogen and oxygen atoms in total. The summed E-state index contributed by atoms with van der Waals surface area (Å²) in [5.74, 6) is 0.0976. The average molecular weight is 591 g/mol. The Morgan fingerprint density at radius 1 is 0.667 bits per heavy atom. The van der Waals surface area contributed by atoms with Gasteiger partial charge in [-0.15, -0.1) is 0 Å². The molecule has 242 valence electrons. The fraction of sp³-hybridized carbons (Fsp3) is 0.722. The van der Waals surface area contributed by atoms with Crippen molar-refractivity contribution in [1.29, 1.82) is 0 Å². The van der Waals surface area contributed by atoms with Crippen molar-refractivity contribution in [1.82, 2.24) is 0 Å². The van der Waals surface area contributed by atoms with Gasteiger partial charge in [-0.05, 0) is 63.7 Å². The van der Waals surface area contributed by atoms with Crippen molar-refractivity contribution in [3.8, 4) is 0 Å². The molecule has 0 aliphatic carbocycles. The lowest BCUT2D eigenvalue weighted by Gasteiger charge is -2.15. The van der Waals surface area contributed by atoms with Gasteiger partial charge in [0.25, 0.3) is 0 Å². The SMILES string of the molecule is CC[C@H](O)CC/C=C\C/C=C\C/C=C\C/C=C\CCCC(=O)OC[C@H](CO)OC(=O)CCCCCCCCCC(C)C. The number of allylic oxidation sites excluding steroid dienone is 8. The number of rotatable bonds is 28. The van der Waals surface area contributed by atoms with Gasteiger partial charge < -0.3 is 19.7 Å².